The molecule has 0 bridgehead atoms. The summed E-state index contributed by atoms with van der Waals surface area (Å²) >= 11 is 0. The van der Waals surface area contributed by atoms with E-state index in [0.29, 0.717) is 0 Å². The number of piperazine rings is 1. The molecule has 114 valence electrons. The summed E-state index contributed by atoms with van der Waals surface area (Å²) in [6.07, 6.45) is 2.44. The molecule has 3 nitrogen and oxygen atoms in total. The van der Waals surface area contributed by atoms with Crippen molar-refractivity contribution in [2.24, 2.45) is 0 Å². The van der Waals surface area contributed by atoms with E-state index in [-0.39, 0.29) is 0 Å². The van der Waals surface area contributed by atoms with Gasteiger partial charge >= 0.3 is 0 Å². The molecule has 0 atom stereocenters. The van der Waals surface area contributed by atoms with Gasteiger partial charge in [-0.05, 0) is 58.0 Å². The number of hydrogen-bond donors (Lipinski definition) is 1. The van der Waals surface area contributed by atoms with Gasteiger partial charge in [-0.3, -0.25) is 0 Å². The van der Waals surface area contributed by atoms with E-state index in [1.807, 2.05) is 0 Å². The standard InChI is InChI=1S/C18H27N3/c1-14-6-7-18-17(13-14)16(15(2)19-18)5-4-8-21-11-9-20(3)10-12-21/h6-7,13,19H,4-5,8-12H2,1-3H3. The lowest BCUT2D eigenvalue weighted by molar-refractivity contribution is 0.153. The van der Waals surface area contributed by atoms with Gasteiger partial charge in [0, 0.05) is 42.8 Å². The summed E-state index contributed by atoms with van der Waals surface area (Å²) in [6, 6.07) is 6.72. The number of hydrogen-bond acceptors (Lipinski definition) is 2. The summed E-state index contributed by atoms with van der Waals surface area (Å²) in [5, 5.41) is 1.42. The fourth-order valence-corrected chi connectivity index (χ4v) is 3.37. The van der Waals surface area contributed by atoms with Gasteiger partial charge in [-0.1, -0.05) is 11.6 Å². The Labute approximate surface area is 127 Å². The molecule has 0 radical (unpaired) electrons. The maximum Gasteiger partial charge on any atom is 0.0459 e. The van der Waals surface area contributed by atoms with Crippen molar-refractivity contribution in [1.82, 2.24) is 14.8 Å². The molecule has 1 aliphatic heterocycles. The number of aryl methyl sites for hydroxylation is 3. The Hall–Kier alpha value is -1.32. The van der Waals surface area contributed by atoms with Crippen LogP contribution in [0.3, 0.4) is 0 Å². The zero-order valence-corrected chi connectivity index (χ0v) is 13.6. The highest BCUT2D eigenvalue weighted by Crippen LogP contribution is 2.24. The predicted molar refractivity (Wildman–Crippen MR) is 90.0 cm³/mol. The molecule has 1 aromatic heterocycles. The van der Waals surface area contributed by atoms with Crippen LogP contribution in [0.2, 0.25) is 0 Å². The van der Waals surface area contributed by atoms with Crippen LogP contribution in [-0.4, -0.2) is 54.6 Å². The Bertz CT molecular complexity index is 606. The van der Waals surface area contributed by atoms with Crippen LogP contribution in [0, 0.1) is 13.8 Å². The molecule has 3 heteroatoms. The van der Waals surface area contributed by atoms with Crippen molar-refractivity contribution in [3.8, 4) is 0 Å². The van der Waals surface area contributed by atoms with Gasteiger partial charge in [0.05, 0.1) is 0 Å². The molecular weight excluding hydrogens is 258 g/mol. The van der Waals surface area contributed by atoms with Gasteiger partial charge < -0.3 is 14.8 Å². The lowest BCUT2D eigenvalue weighted by Gasteiger charge is -2.32. The summed E-state index contributed by atoms with van der Waals surface area (Å²) < 4.78 is 0. The summed E-state index contributed by atoms with van der Waals surface area (Å²) in [4.78, 5) is 8.55. The Kier molecular flexibility index (Phi) is 4.32. The molecule has 0 amide bonds. The topological polar surface area (TPSA) is 22.3 Å². The lowest BCUT2D eigenvalue weighted by atomic mass is 10.0. The predicted octanol–water partition coefficient (Wildman–Crippen LogP) is 2.96. The molecule has 2 heterocycles. The molecule has 0 unspecified atom stereocenters. The quantitative estimate of drug-likeness (QED) is 0.933. The van der Waals surface area contributed by atoms with Gasteiger partial charge in [0.2, 0.25) is 0 Å². The van der Waals surface area contributed by atoms with Crippen molar-refractivity contribution >= 4 is 10.9 Å². The fourth-order valence-electron chi connectivity index (χ4n) is 3.37. The van der Waals surface area contributed by atoms with E-state index in [4.69, 9.17) is 0 Å². The summed E-state index contributed by atoms with van der Waals surface area (Å²) in [5.74, 6) is 0. The number of benzene rings is 1. The number of nitrogens with zero attached hydrogens (tertiary/aromatic N) is 2. The van der Waals surface area contributed by atoms with Crippen LogP contribution in [0.25, 0.3) is 10.9 Å². The minimum absolute atomic E-state index is 1.18. The summed E-state index contributed by atoms with van der Waals surface area (Å²) in [6.45, 7) is 10.5. The number of likely N-dealkylation sites (N-methyl/N-ethyl adjacent to an activating group) is 1. The third-order valence-corrected chi connectivity index (χ3v) is 4.77. The average Bonchev–Trinajstić information content (AvgIpc) is 2.77. The van der Waals surface area contributed by atoms with E-state index in [2.05, 4.69) is 53.9 Å². The molecule has 1 saturated heterocycles. The molecule has 0 spiro atoms. The third kappa shape index (κ3) is 3.30. The van der Waals surface area contributed by atoms with Crippen LogP contribution in [0.15, 0.2) is 18.2 Å². The number of rotatable bonds is 4. The Morgan fingerprint density at radius 2 is 1.86 bits per heavy atom. The summed E-state index contributed by atoms with van der Waals surface area (Å²) in [5.41, 5.74) is 5.49. The minimum atomic E-state index is 1.18. The Morgan fingerprint density at radius 1 is 1.10 bits per heavy atom. The van der Waals surface area contributed by atoms with Crippen LogP contribution in [0.1, 0.15) is 23.2 Å². The molecule has 1 N–H and O–H groups in total. The molecule has 21 heavy (non-hydrogen) atoms. The SMILES string of the molecule is Cc1ccc2[nH]c(C)c(CCCN3CCN(C)CC3)c2c1. The van der Waals surface area contributed by atoms with Gasteiger partial charge in [-0.25, -0.2) is 0 Å². The second-order valence-electron chi connectivity index (χ2n) is 6.53. The van der Waals surface area contributed by atoms with Crippen LogP contribution >= 0.6 is 0 Å². The zero-order chi connectivity index (χ0) is 14.8. The highest BCUT2D eigenvalue weighted by molar-refractivity contribution is 5.85. The van der Waals surface area contributed by atoms with E-state index in [1.165, 1.54) is 73.3 Å². The van der Waals surface area contributed by atoms with Crippen molar-refractivity contribution in [2.75, 3.05) is 39.8 Å². The second kappa shape index (κ2) is 6.20. The van der Waals surface area contributed by atoms with Gasteiger partial charge in [0.25, 0.3) is 0 Å². The number of nitrogens with one attached hydrogen (secondary N) is 1. The highest BCUT2D eigenvalue weighted by Gasteiger charge is 2.14. The average molecular weight is 285 g/mol. The van der Waals surface area contributed by atoms with E-state index in [1.54, 1.807) is 0 Å². The second-order valence-corrected chi connectivity index (χ2v) is 6.53. The molecule has 1 fully saturated rings. The normalized spacial score (nSPS) is 17.7. The minimum Gasteiger partial charge on any atom is -0.358 e. The molecular formula is C18H27N3. The number of aromatic nitrogens is 1. The van der Waals surface area contributed by atoms with Crippen molar-refractivity contribution in [3.63, 3.8) is 0 Å². The third-order valence-electron chi connectivity index (χ3n) is 4.77. The molecule has 2 aromatic rings. The summed E-state index contributed by atoms with van der Waals surface area (Å²) in [7, 11) is 2.22. The van der Waals surface area contributed by atoms with Gasteiger partial charge in [0.1, 0.15) is 0 Å². The Balaban J connectivity index is 1.62. The maximum absolute atomic E-state index is 3.53. The van der Waals surface area contributed by atoms with Gasteiger partial charge in [0.15, 0.2) is 0 Å². The first kappa shape index (κ1) is 14.6. The fraction of sp³-hybridized carbons (Fsp3) is 0.556. The van der Waals surface area contributed by atoms with Crippen LogP contribution < -0.4 is 0 Å². The molecule has 0 saturated carbocycles. The number of aromatic amines is 1. The van der Waals surface area contributed by atoms with Crippen molar-refractivity contribution in [2.45, 2.75) is 26.7 Å². The van der Waals surface area contributed by atoms with E-state index < -0.39 is 0 Å². The number of fused-ring (bicyclic) bond motifs is 1. The first-order valence-corrected chi connectivity index (χ1v) is 8.12. The molecule has 3 rings (SSSR count). The largest absolute Gasteiger partial charge is 0.358 e. The highest BCUT2D eigenvalue weighted by atomic mass is 15.2. The van der Waals surface area contributed by atoms with Crippen LogP contribution in [-0.2, 0) is 6.42 Å². The van der Waals surface area contributed by atoms with E-state index in [9.17, 15) is 0 Å². The zero-order valence-electron chi connectivity index (χ0n) is 13.6. The first-order chi connectivity index (χ1) is 10.1. The van der Waals surface area contributed by atoms with Crippen LogP contribution in [0.4, 0.5) is 0 Å². The smallest absolute Gasteiger partial charge is 0.0459 e. The van der Waals surface area contributed by atoms with Crippen molar-refractivity contribution in [1.29, 1.82) is 0 Å². The monoisotopic (exact) mass is 285 g/mol. The molecule has 1 aliphatic rings. The van der Waals surface area contributed by atoms with Crippen molar-refractivity contribution in [3.05, 3.63) is 35.0 Å². The number of H-pyrrole nitrogens is 1. The Morgan fingerprint density at radius 3 is 2.62 bits per heavy atom. The molecule has 0 aliphatic carbocycles. The maximum atomic E-state index is 3.53. The van der Waals surface area contributed by atoms with Gasteiger partial charge in [-0.15, -0.1) is 0 Å². The molecule has 1 aromatic carbocycles. The first-order valence-electron chi connectivity index (χ1n) is 8.12. The van der Waals surface area contributed by atoms with E-state index >= 15 is 0 Å². The van der Waals surface area contributed by atoms with E-state index in [0.717, 1.165) is 0 Å². The lowest BCUT2D eigenvalue weighted by Crippen LogP contribution is -2.44. The van der Waals surface area contributed by atoms with Gasteiger partial charge in [-0.2, -0.15) is 0 Å². The van der Waals surface area contributed by atoms with Crippen LogP contribution in [0.5, 0.6) is 0 Å². The van der Waals surface area contributed by atoms with Crippen molar-refractivity contribution < 1.29 is 0 Å².